The SMILES string of the molecule is C[C@@H]1CC[C@@H](OC(=O)CCC(=O)NC2CCCCC2)C[C@@H]1C. The molecule has 0 aliphatic heterocycles. The number of carbonyl (C=O) groups excluding carboxylic acids is 2. The maximum atomic E-state index is 11.9. The van der Waals surface area contributed by atoms with Gasteiger partial charge in [-0.1, -0.05) is 33.1 Å². The van der Waals surface area contributed by atoms with Crippen LogP contribution in [0.25, 0.3) is 0 Å². The Morgan fingerprint density at radius 2 is 1.68 bits per heavy atom. The van der Waals surface area contributed by atoms with Crippen LogP contribution in [0.15, 0.2) is 0 Å². The first-order chi connectivity index (χ1) is 10.5. The van der Waals surface area contributed by atoms with Crippen molar-refractivity contribution in [2.75, 3.05) is 0 Å². The van der Waals surface area contributed by atoms with Crippen LogP contribution in [-0.4, -0.2) is 24.0 Å². The Balaban J connectivity index is 1.61. The molecule has 0 unspecified atom stereocenters. The van der Waals surface area contributed by atoms with Crippen LogP contribution in [0.2, 0.25) is 0 Å². The molecule has 126 valence electrons. The fourth-order valence-electron chi connectivity index (χ4n) is 3.61. The molecule has 1 amide bonds. The smallest absolute Gasteiger partial charge is 0.306 e. The van der Waals surface area contributed by atoms with Crippen LogP contribution in [0.3, 0.4) is 0 Å². The zero-order valence-corrected chi connectivity index (χ0v) is 14.1. The summed E-state index contributed by atoms with van der Waals surface area (Å²) in [6.07, 6.45) is 9.40. The van der Waals surface area contributed by atoms with Crippen LogP contribution >= 0.6 is 0 Å². The van der Waals surface area contributed by atoms with E-state index in [0.29, 0.717) is 12.0 Å². The molecule has 0 aromatic rings. The Labute approximate surface area is 134 Å². The summed E-state index contributed by atoms with van der Waals surface area (Å²) in [7, 11) is 0. The topological polar surface area (TPSA) is 55.4 Å². The first-order valence-electron chi connectivity index (χ1n) is 9.03. The summed E-state index contributed by atoms with van der Waals surface area (Å²) in [6, 6.07) is 0.318. The van der Waals surface area contributed by atoms with Crippen LogP contribution < -0.4 is 5.32 Å². The van der Waals surface area contributed by atoms with Gasteiger partial charge in [0.2, 0.25) is 5.91 Å². The van der Waals surface area contributed by atoms with Crippen LogP contribution in [0, 0.1) is 11.8 Å². The Hall–Kier alpha value is -1.06. The Morgan fingerprint density at radius 1 is 0.955 bits per heavy atom. The molecule has 2 saturated carbocycles. The summed E-state index contributed by atoms with van der Waals surface area (Å²) >= 11 is 0. The molecule has 0 radical (unpaired) electrons. The highest BCUT2D eigenvalue weighted by Crippen LogP contribution is 2.31. The van der Waals surface area contributed by atoms with Gasteiger partial charge in [-0.3, -0.25) is 9.59 Å². The van der Waals surface area contributed by atoms with E-state index in [9.17, 15) is 9.59 Å². The van der Waals surface area contributed by atoms with E-state index in [-0.39, 0.29) is 30.8 Å². The molecule has 0 saturated heterocycles. The molecule has 2 aliphatic rings. The second kappa shape index (κ2) is 8.54. The van der Waals surface area contributed by atoms with E-state index in [1.807, 2.05) is 0 Å². The molecule has 0 heterocycles. The highest BCUT2D eigenvalue weighted by molar-refractivity contribution is 5.81. The number of esters is 1. The van der Waals surface area contributed by atoms with Crippen LogP contribution in [-0.2, 0) is 14.3 Å². The first kappa shape index (κ1) is 17.3. The van der Waals surface area contributed by atoms with E-state index in [1.165, 1.54) is 19.3 Å². The van der Waals surface area contributed by atoms with E-state index in [1.54, 1.807) is 0 Å². The fraction of sp³-hybridized carbons (Fsp3) is 0.889. The highest BCUT2D eigenvalue weighted by Gasteiger charge is 2.27. The van der Waals surface area contributed by atoms with E-state index in [2.05, 4.69) is 19.2 Å². The zero-order chi connectivity index (χ0) is 15.9. The third-order valence-corrected chi connectivity index (χ3v) is 5.37. The highest BCUT2D eigenvalue weighted by atomic mass is 16.5. The van der Waals surface area contributed by atoms with Gasteiger partial charge in [-0.2, -0.15) is 0 Å². The van der Waals surface area contributed by atoms with Gasteiger partial charge in [-0.25, -0.2) is 0 Å². The summed E-state index contributed by atoms with van der Waals surface area (Å²) in [4.78, 5) is 23.8. The van der Waals surface area contributed by atoms with E-state index < -0.39 is 0 Å². The number of carbonyl (C=O) groups is 2. The van der Waals surface area contributed by atoms with Crippen molar-refractivity contribution in [3.63, 3.8) is 0 Å². The minimum atomic E-state index is -0.217. The Kier molecular flexibility index (Phi) is 6.71. The van der Waals surface area contributed by atoms with Crippen molar-refractivity contribution in [3.05, 3.63) is 0 Å². The van der Waals surface area contributed by atoms with Crippen molar-refractivity contribution in [1.82, 2.24) is 5.32 Å². The lowest BCUT2D eigenvalue weighted by Crippen LogP contribution is -2.36. The number of nitrogens with one attached hydrogen (secondary N) is 1. The minimum Gasteiger partial charge on any atom is -0.462 e. The van der Waals surface area contributed by atoms with Gasteiger partial charge >= 0.3 is 5.97 Å². The van der Waals surface area contributed by atoms with Gasteiger partial charge in [0.15, 0.2) is 0 Å². The predicted octanol–water partition coefficient (Wildman–Crippen LogP) is 3.58. The second-order valence-corrected chi connectivity index (χ2v) is 7.28. The number of rotatable bonds is 5. The molecular formula is C18H31NO3. The van der Waals surface area contributed by atoms with Crippen molar-refractivity contribution in [2.24, 2.45) is 11.8 Å². The quantitative estimate of drug-likeness (QED) is 0.790. The Morgan fingerprint density at radius 3 is 2.36 bits per heavy atom. The first-order valence-corrected chi connectivity index (χ1v) is 9.03. The number of hydrogen-bond acceptors (Lipinski definition) is 3. The molecule has 2 rings (SSSR count). The average molecular weight is 309 g/mol. The van der Waals surface area contributed by atoms with Gasteiger partial charge < -0.3 is 10.1 Å². The molecule has 4 heteroatoms. The Bertz CT molecular complexity index is 377. The predicted molar refractivity (Wildman–Crippen MR) is 86.3 cm³/mol. The molecule has 0 spiro atoms. The molecule has 3 atom stereocenters. The summed E-state index contributed by atoms with van der Waals surface area (Å²) in [5.41, 5.74) is 0. The van der Waals surface area contributed by atoms with Crippen molar-refractivity contribution in [2.45, 2.75) is 90.2 Å². The van der Waals surface area contributed by atoms with Crippen molar-refractivity contribution in [3.8, 4) is 0 Å². The van der Waals surface area contributed by atoms with E-state index >= 15 is 0 Å². The second-order valence-electron chi connectivity index (χ2n) is 7.28. The standard InChI is InChI=1S/C18H31NO3/c1-13-8-9-16(12-14(13)2)22-18(21)11-10-17(20)19-15-6-4-3-5-7-15/h13-16H,3-12H2,1-2H3,(H,19,20)/t13-,14+,16-/m1/s1. The van der Waals surface area contributed by atoms with Gasteiger partial charge in [-0.15, -0.1) is 0 Å². The molecule has 0 bridgehead atoms. The maximum Gasteiger partial charge on any atom is 0.306 e. The number of amides is 1. The normalized spacial score (nSPS) is 29.8. The summed E-state index contributed by atoms with van der Waals surface area (Å²) in [6.45, 7) is 4.49. The lowest BCUT2D eigenvalue weighted by Gasteiger charge is -2.31. The summed E-state index contributed by atoms with van der Waals surface area (Å²) in [5, 5.41) is 3.04. The molecular weight excluding hydrogens is 278 g/mol. The van der Waals surface area contributed by atoms with Crippen LogP contribution in [0.1, 0.15) is 78.1 Å². The van der Waals surface area contributed by atoms with Crippen molar-refractivity contribution < 1.29 is 14.3 Å². The molecule has 2 fully saturated rings. The molecule has 0 aromatic heterocycles. The molecule has 0 aromatic carbocycles. The largest absolute Gasteiger partial charge is 0.462 e. The van der Waals surface area contributed by atoms with Gasteiger partial charge in [0, 0.05) is 12.5 Å². The van der Waals surface area contributed by atoms with Crippen molar-refractivity contribution >= 4 is 11.9 Å². The number of hydrogen-bond donors (Lipinski definition) is 1. The minimum absolute atomic E-state index is 0.00511. The molecule has 4 nitrogen and oxygen atoms in total. The zero-order valence-electron chi connectivity index (χ0n) is 14.1. The van der Waals surface area contributed by atoms with Crippen LogP contribution in [0.4, 0.5) is 0 Å². The lowest BCUT2D eigenvalue weighted by atomic mass is 9.80. The van der Waals surface area contributed by atoms with Crippen LogP contribution in [0.5, 0.6) is 0 Å². The maximum absolute atomic E-state index is 11.9. The lowest BCUT2D eigenvalue weighted by molar-refractivity contribution is -0.152. The van der Waals surface area contributed by atoms with Gasteiger partial charge in [-0.05, 0) is 43.9 Å². The van der Waals surface area contributed by atoms with Gasteiger partial charge in [0.1, 0.15) is 6.10 Å². The summed E-state index contributed by atoms with van der Waals surface area (Å²) in [5.74, 6) is 1.11. The molecule has 1 N–H and O–H groups in total. The third kappa shape index (κ3) is 5.62. The average Bonchev–Trinajstić information content (AvgIpc) is 2.50. The molecule has 22 heavy (non-hydrogen) atoms. The summed E-state index contributed by atoms with van der Waals surface area (Å²) < 4.78 is 5.53. The molecule has 2 aliphatic carbocycles. The monoisotopic (exact) mass is 309 g/mol. The van der Waals surface area contributed by atoms with E-state index in [4.69, 9.17) is 4.74 Å². The van der Waals surface area contributed by atoms with E-state index in [0.717, 1.165) is 38.0 Å². The number of ether oxygens (including phenoxy) is 1. The van der Waals surface area contributed by atoms with Gasteiger partial charge in [0.25, 0.3) is 0 Å². The van der Waals surface area contributed by atoms with Gasteiger partial charge in [0.05, 0.1) is 6.42 Å². The fourth-order valence-corrected chi connectivity index (χ4v) is 3.61. The third-order valence-electron chi connectivity index (χ3n) is 5.37. The van der Waals surface area contributed by atoms with Crippen molar-refractivity contribution in [1.29, 1.82) is 0 Å².